The molecule has 1 fully saturated rings. The fraction of sp³-hybridized carbons (Fsp3) is 0.400. The minimum absolute atomic E-state index is 0.130. The van der Waals surface area contributed by atoms with Crippen LogP contribution in [-0.4, -0.2) is 47.8 Å². The van der Waals surface area contributed by atoms with E-state index in [9.17, 15) is 18.0 Å². The van der Waals surface area contributed by atoms with Gasteiger partial charge in [0, 0.05) is 41.5 Å². The van der Waals surface area contributed by atoms with Crippen molar-refractivity contribution in [1.29, 1.82) is 0 Å². The third-order valence-corrected chi connectivity index (χ3v) is 5.32. The number of fused-ring (bicyclic) bond motifs is 1. The number of amides is 1. The molecular formula is C15H16ClN3O4S. The lowest BCUT2D eigenvalue weighted by Crippen LogP contribution is -2.33. The highest BCUT2D eigenvalue weighted by atomic mass is 35.7. The minimum atomic E-state index is -3.63. The first-order valence-corrected chi connectivity index (χ1v) is 9.96. The number of carbonyl (C=O) groups is 1. The van der Waals surface area contributed by atoms with Crippen LogP contribution in [0.4, 0.5) is 0 Å². The summed E-state index contributed by atoms with van der Waals surface area (Å²) in [6.45, 7) is 0.895. The molecule has 128 valence electrons. The zero-order chi connectivity index (χ0) is 17.3. The molecule has 24 heavy (non-hydrogen) atoms. The van der Waals surface area contributed by atoms with Gasteiger partial charge in [-0.2, -0.15) is 5.10 Å². The number of hydrogen-bond acceptors (Lipinski definition) is 5. The number of carbonyl (C=O) groups excluding carboxylic acids is 1. The van der Waals surface area contributed by atoms with Gasteiger partial charge < -0.3 is 4.90 Å². The standard InChI is InChI=1S/C15H16ClN3O4S/c16-24(22,23)10-11-7-14(20)18(9-11)5-6-19-15(21)13-4-2-1-3-12(13)8-17-19/h1-4,8,11H,5-7,9-10H2. The predicted molar refractivity (Wildman–Crippen MR) is 90.3 cm³/mol. The van der Waals surface area contributed by atoms with E-state index in [-0.39, 0.29) is 36.1 Å². The van der Waals surface area contributed by atoms with Gasteiger partial charge in [0.05, 0.1) is 23.9 Å². The molecule has 1 aliphatic rings. The van der Waals surface area contributed by atoms with Crippen molar-refractivity contribution >= 4 is 36.4 Å². The van der Waals surface area contributed by atoms with Gasteiger partial charge in [0.25, 0.3) is 5.56 Å². The van der Waals surface area contributed by atoms with Crippen molar-refractivity contribution in [1.82, 2.24) is 14.7 Å². The molecule has 1 amide bonds. The maximum absolute atomic E-state index is 12.4. The average Bonchev–Trinajstić information content (AvgIpc) is 2.84. The zero-order valence-electron chi connectivity index (χ0n) is 12.8. The quantitative estimate of drug-likeness (QED) is 0.728. The summed E-state index contributed by atoms with van der Waals surface area (Å²) in [6, 6.07) is 7.17. The Bertz CT molecular complexity index is 941. The van der Waals surface area contributed by atoms with Gasteiger partial charge in [-0.15, -0.1) is 0 Å². The first-order chi connectivity index (χ1) is 11.3. The molecule has 1 aromatic carbocycles. The molecular weight excluding hydrogens is 354 g/mol. The maximum atomic E-state index is 12.4. The molecule has 0 aliphatic carbocycles. The van der Waals surface area contributed by atoms with E-state index in [0.717, 1.165) is 5.39 Å². The number of rotatable bonds is 5. The third kappa shape index (κ3) is 3.76. The smallest absolute Gasteiger partial charge is 0.274 e. The largest absolute Gasteiger partial charge is 0.341 e. The van der Waals surface area contributed by atoms with Crippen LogP contribution >= 0.6 is 10.7 Å². The third-order valence-electron chi connectivity index (χ3n) is 4.07. The molecule has 1 atom stereocenters. The summed E-state index contributed by atoms with van der Waals surface area (Å²) >= 11 is 0. The van der Waals surface area contributed by atoms with E-state index < -0.39 is 9.05 Å². The van der Waals surface area contributed by atoms with Crippen molar-refractivity contribution in [3.05, 3.63) is 40.8 Å². The highest BCUT2D eigenvalue weighted by Gasteiger charge is 2.32. The molecule has 0 saturated carbocycles. The van der Waals surface area contributed by atoms with Gasteiger partial charge in [-0.3, -0.25) is 9.59 Å². The average molecular weight is 370 g/mol. The monoisotopic (exact) mass is 369 g/mol. The molecule has 1 unspecified atom stereocenters. The number of aromatic nitrogens is 2. The van der Waals surface area contributed by atoms with Crippen molar-refractivity contribution < 1.29 is 13.2 Å². The van der Waals surface area contributed by atoms with Crippen molar-refractivity contribution in [2.75, 3.05) is 18.8 Å². The summed E-state index contributed by atoms with van der Waals surface area (Å²) in [6.07, 6.45) is 1.78. The zero-order valence-corrected chi connectivity index (χ0v) is 14.3. The number of hydrogen-bond donors (Lipinski definition) is 0. The molecule has 1 saturated heterocycles. The number of nitrogens with zero attached hydrogens (tertiary/aromatic N) is 3. The molecule has 2 aromatic rings. The lowest BCUT2D eigenvalue weighted by atomic mass is 10.1. The van der Waals surface area contributed by atoms with Crippen LogP contribution < -0.4 is 5.56 Å². The molecule has 1 aliphatic heterocycles. The summed E-state index contributed by atoms with van der Waals surface area (Å²) in [7, 11) is 1.62. The Hall–Kier alpha value is -1.93. The Kier molecular flexibility index (Phi) is 4.60. The lowest BCUT2D eigenvalue weighted by Gasteiger charge is -2.16. The van der Waals surface area contributed by atoms with Crippen LogP contribution in [0.1, 0.15) is 6.42 Å². The van der Waals surface area contributed by atoms with Crippen LogP contribution in [0.5, 0.6) is 0 Å². The van der Waals surface area contributed by atoms with Crippen LogP contribution in [0.2, 0.25) is 0 Å². The molecule has 1 aromatic heterocycles. The van der Waals surface area contributed by atoms with Crippen molar-refractivity contribution in [3.8, 4) is 0 Å². The lowest BCUT2D eigenvalue weighted by molar-refractivity contribution is -0.127. The molecule has 9 heteroatoms. The van der Waals surface area contributed by atoms with E-state index in [0.29, 0.717) is 18.5 Å². The van der Waals surface area contributed by atoms with Crippen LogP contribution in [-0.2, 0) is 20.4 Å². The molecule has 0 N–H and O–H groups in total. The molecule has 7 nitrogen and oxygen atoms in total. The summed E-state index contributed by atoms with van der Waals surface area (Å²) < 4.78 is 23.6. The molecule has 0 spiro atoms. The molecule has 2 heterocycles. The van der Waals surface area contributed by atoms with Gasteiger partial charge in [0.15, 0.2) is 0 Å². The first-order valence-electron chi connectivity index (χ1n) is 7.48. The van der Waals surface area contributed by atoms with Crippen molar-refractivity contribution in [3.63, 3.8) is 0 Å². The molecule has 0 radical (unpaired) electrons. The van der Waals surface area contributed by atoms with Crippen LogP contribution in [0.25, 0.3) is 10.8 Å². The Morgan fingerprint density at radius 3 is 2.71 bits per heavy atom. The normalized spacial score (nSPS) is 18.5. The van der Waals surface area contributed by atoms with E-state index in [4.69, 9.17) is 10.7 Å². The topological polar surface area (TPSA) is 89.3 Å². The summed E-state index contributed by atoms with van der Waals surface area (Å²) in [5, 5.41) is 5.46. The second-order valence-corrected chi connectivity index (χ2v) is 8.70. The summed E-state index contributed by atoms with van der Waals surface area (Å²) in [5.41, 5.74) is -0.209. The maximum Gasteiger partial charge on any atom is 0.274 e. The summed E-state index contributed by atoms with van der Waals surface area (Å²) in [4.78, 5) is 25.9. The van der Waals surface area contributed by atoms with E-state index in [1.54, 1.807) is 23.2 Å². The molecule has 3 rings (SSSR count). The van der Waals surface area contributed by atoms with E-state index in [1.807, 2.05) is 12.1 Å². The van der Waals surface area contributed by atoms with E-state index in [1.165, 1.54) is 4.68 Å². The SMILES string of the molecule is O=C1CC(CS(=O)(=O)Cl)CN1CCn1ncc2ccccc2c1=O. The van der Waals surface area contributed by atoms with Crippen LogP contribution in [0.15, 0.2) is 35.3 Å². The molecule has 0 bridgehead atoms. The van der Waals surface area contributed by atoms with Crippen molar-refractivity contribution in [2.24, 2.45) is 5.92 Å². The minimum Gasteiger partial charge on any atom is -0.341 e. The fourth-order valence-corrected chi connectivity index (χ4v) is 4.29. The highest BCUT2D eigenvalue weighted by Crippen LogP contribution is 2.20. The Labute approximate surface area is 143 Å². The summed E-state index contributed by atoms with van der Waals surface area (Å²) in [5.74, 6) is -0.652. The van der Waals surface area contributed by atoms with Gasteiger partial charge in [-0.05, 0) is 6.07 Å². The van der Waals surface area contributed by atoms with Gasteiger partial charge >= 0.3 is 0 Å². The van der Waals surface area contributed by atoms with Crippen LogP contribution in [0, 0.1) is 5.92 Å². The number of likely N-dealkylation sites (tertiary alicyclic amines) is 1. The Balaban J connectivity index is 1.69. The van der Waals surface area contributed by atoms with Gasteiger partial charge in [-0.25, -0.2) is 13.1 Å². The van der Waals surface area contributed by atoms with E-state index in [2.05, 4.69) is 5.10 Å². The highest BCUT2D eigenvalue weighted by molar-refractivity contribution is 8.13. The number of benzene rings is 1. The van der Waals surface area contributed by atoms with Gasteiger partial charge in [0.2, 0.25) is 15.0 Å². The predicted octanol–water partition coefficient (Wildman–Crippen LogP) is 0.814. The van der Waals surface area contributed by atoms with Gasteiger partial charge in [0.1, 0.15) is 0 Å². The van der Waals surface area contributed by atoms with Gasteiger partial charge in [-0.1, -0.05) is 18.2 Å². The fourth-order valence-electron chi connectivity index (χ4n) is 2.97. The number of halogens is 1. The van der Waals surface area contributed by atoms with Crippen molar-refractivity contribution in [2.45, 2.75) is 13.0 Å². The Morgan fingerprint density at radius 2 is 1.96 bits per heavy atom. The van der Waals surface area contributed by atoms with E-state index >= 15 is 0 Å². The first kappa shape index (κ1) is 16.9. The Morgan fingerprint density at radius 1 is 1.21 bits per heavy atom. The van der Waals surface area contributed by atoms with Crippen LogP contribution in [0.3, 0.4) is 0 Å². The second-order valence-electron chi connectivity index (χ2n) is 5.88. The second kappa shape index (κ2) is 6.52.